The van der Waals surface area contributed by atoms with E-state index in [2.05, 4.69) is 43.9 Å². The number of benzene rings is 1. The van der Waals surface area contributed by atoms with E-state index in [9.17, 15) is 10.5 Å². The molecule has 3 heterocycles. The SMILES string of the molecule is CC1=C(C#N)C(c2ccc3[nH]nc(N4CCNCC4)c3c2)C(C#N)=C(C)N1. The summed E-state index contributed by atoms with van der Waals surface area (Å²) in [4.78, 5) is 2.26. The van der Waals surface area contributed by atoms with Gasteiger partial charge in [-0.25, -0.2) is 0 Å². The first-order valence-corrected chi connectivity index (χ1v) is 9.06. The fraction of sp³-hybridized carbons (Fsp3) is 0.350. The van der Waals surface area contributed by atoms with Crippen LogP contribution in [0.3, 0.4) is 0 Å². The van der Waals surface area contributed by atoms with Crippen molar-refractivity contribution in [2.45, 2.75) is 19.8 Å². The first kappa shape index (κ1) is 17.1. The Balaban J connectivity index is 1.84. The van der Waals surface area contributed by atoms with Gasteiger partial charge in [-0.05, 0) is 31.5 Å². The van der Waals surface area contributed by atoms with Crippen molar-refractivity contribution in [2.24, 2.45) is 0 Å². The summed E-state index contributed by atoms with van der Waals surface area (Å²) >= 11 is 0. The van der Waals surface area contributed by atoms with E-state index in [0.717, 1.165) is 59.9 Å². The molecule has 1 fully saturated rings. The molecule has 0 amide bonds. The summed E-state index contributed by atoms with van der Waals surface area (Å²) in [6.07, 6.45) is 0. The van der Waals surface area contributed by atoms with Crippen molar-refractivity contribution < 1.29 is 0 Å². The number of nitrogens with one attached hydrogen (secondary N) is 3. The summed E-state index contributed by atoms with van der Waals surface area (Å²) in [5, 5.41) is 34.6. The normalized spacial score (nSPS) is 18.4. The predicted molar refractivity (Wildman–Crippen MR) is 104 cm³/mol. The number of fused-ring (bicyclic) bond motifs is 1. The molecule has 2 aliphatic rings. The first-order chi connectivity index (χ1) is 13.1. The van der Waals surface area contributed by atoms with Crippen LogP contribution in [0.5, 0.6) is 0 Å². The number of nitriles is 2. The molecule has 7 heteroatoms. The van der Waals surface area contributed by atoms with Crippen LogP contribution in [0.15, 0.2) is 40.7 Å². The number of hydrogen-bond acceptors (Lipinski definition) is 6. The van der Waals surface area contributed by atoms with E-state index in [4.69, 9.17) is 0 Å². The zero-order valence-corrected chi connectivity index (χ0v) is 15.4. The van der Waals surface area contributed by atoms with Crippen LogP contribution in [0.1, 0.15) is 25.3 Å². The summed E-state index contributed by atoms with van der Waals surface area (Å²) in [6.45, 7) is 7.44. The van der Waals surface area contributed by atoms with Gasteiger partial charge in [-0.1, -0.05) is 6.07 Å². The van der Waals surface area contributed by atoms with Gasteiger partial charge in [-0.15, -0.1) is 0 Å². The maximum atomic E-state index is 9.71. The Kier molecular flexibility index (Phi) is 4.31. The lowest BCUT2D eigenvalue weighted by molar-refractivity contribution is 0.585. The van der Waals surface area contributed by atoms with Gasteiger partial charge in [-0.3, -0.25) is 5.10 Å². The molecule has 0 atom stereocenters. The molecule has 1 saturated heterocycles. The molecule has 7 nitrogen and oxygen atoms in total. The monoisotopic (exact) mass is 359 g/mol. The second-order valence-electron chi connectivity index (χ2n) is 6.95. The van der Waals surface area contributed by atoms with Crippen molar-refractivity contribution in [3.63, 3.8) is 0 Å². The number of anilines is 1. The van der Waals surface area contributed by atoms with Crippen LogP contribution in [0, 0.1) is 22.7 Å². The third-order valence-electron chi connectivity index (χ3n) is 5.32. The van der Waals surface area contributed by atoms with Crippen molar-refractivity contribution >= 4 is 16.7 Å². The minimum Gasteiger partial charge on any atom is -0.361 e. The van der Waals surface area contributed by atoms with Crippen molar-refractivity contribution in [3.8, 4) is 12.1 Å². The molecule has 27 heavy (non-hydrogen) atoms. The Morgan fingerprint density at radius 3 is 2.37 bits per heavy atom. The number of piperazine rings is 1. The highest BCUT2D eigenvalue weighted by molar-refractivity contribution is 5.91. The Hall–Kier alpha value is -3.29. The van der Waals surface area contributed by atoms with Crippen molar-refractivity contribution in [1.82, 2.24) is 20.8 Å². The molecule has 4 rings (SSSR count). The van der Waals surface area contributed by atoms with Crippen LogP contribution in [0.2, 0.25) is 0 Å². The van der Waals surface area contributed by atoms with E-state index in [1.807, 2.05) is 26.0 Å². The molecule has 0 spiro atoms. The second kappa shape index (κ2) is 6.79. The van der Waals surface area contributed by atoms with E-state index in [-0.39, 0.29) is 5.92 Å². The minimum absolute atomic E-state index is 0.351. The predicted octanol–water partition coefficient (Wildman–Crippen LogP) is 2.25. The topological polar surface area (TPSA) is 104 Å². The molecule has 0 aliphatic carbocycles. The molecule has 1 aromatic carbocycles. The number of aromatic nitrogens is 2. The van der Waals surface area contributed by atoms with E-state index in [0.29, 0.717) is 11.1 Å². The van der Waals surface area contributed by atoms with Gasteiger partial charge in [0.2, 0.25) is 0 Å². The lowest BCUT2D eigenvalue weighted by atomic mass is 9.81. The standard InChI is InChI=1S/C20H21N7/c1-12-16(10-21)19(17(11-22)13(2)24-12)14-3-4-18-15(9-14)20(26-25-18)27-7-5-23-6-8-27/h3-4,9,19,23-24H,5-8H2,1-2H3,(H,25,26). The third kappa shape index (κ3) is 2.83. The summed E-state index contributed by atoms with van der Waals surface area (Å²) in [6, 6.07) is 10.6. The van der Waals surface area contributed by atoms with Crippen LogP contribution in [-0.2, 0) is 0 Å². The molecule has 136 valence electrons. The van der Waals surface area contributed by atoms with E-state index >= 15 is 0 Å². The van der Waals surface area contributed by atoms with Gasteiger partial charge in [0.15, 0.2) is 5.82 Å². The van der Waals surface area contributed by atoms with Crippen molar-refractivity contribution in [3.05, 3.63) is 46.3 Å². The Morgan fingerprint density at radius 1 is 1.07 bits per heavy atom. The van der Waals surface area contributed by atoms with Gasteiger partial charge in [0.25, 0.3) is 0 Å². The van der Waals surface area contributed by atoms with Crippen LogP contribution in [-0.4, -0.2) is 36.4 Å². The van der Waals surface area contributed by atoms with E-state index in [1.165, 1.54) is 0 Å². The largest absolute Gasteiger partial charge is 0.361 e. The van der Waals surface area contributed by atoms with Gasteiger partial charge >= 0.3 is 0 Å². The number of H-pyrrole nitrogens is 1. The Labute approximate surface area is 158 Å². The second-order valence-corrected chi connectivity index (χ2v) is 6.95. The zero-order chi connectivity index (χ0) is 19.0. The van der Waals surface area contributed by atoms with Gasteiger partial charge in [0.05, 0.1) is 34.7 Å². The summed E-state index contributed by atoms with van der Waals surface area (Å²) in [5.74, 6) is 0.581. The van der Waals surface area contributed by atoms with Crippen molar-refractivity contribution in [2.75, 3.05) is 31.1 Å². The molecular weight excluding hydrogens is 338 g/mol. The van der Waals surface area contributed by atoms with Crippen molar-refractivity contribution in [1.29, 1.82) is 10.5 Å². The van der Waals surface area contributed by atoms with Gasteiger partial charge in [0, 0.05) is 43.0 Å². The Bertz CT molecular complexity index is 1000. The molecule has 0 radical (unpaired) electrons. The smallest absolute Gasteiger partial charge is 0.158 e. The fourth-order valence-corrected chi connectivity index (χ4v) is 3.94. The number of allylic oxidation sites excluding steroid dienone is 4. The number of aromatic amines is 1. The maximum Gasteiger partial charge on any atom is 0.158 e. The summed E-state index contributed by atoms with van der Waals surface area (Å²) < 4.78 is 0. The summed E-state index contributed by atoms with van der Waals surface area (Å²) in [5.41, 5.74) is 4.67. The number of dihydropyridines is 1. The van der Waals surface area contributed by atoms with Gasteiger partial charge < -0.3 is 15.5 Å². The third-order valence-corrected chi connectivity index (χ3v) is 5.32. The minimum atomic E-state index is -0.351. The number of nitrogens with zero attached hydrogens (tertiary/aromatic N) is 4. The van der Waals surface area contributed by atoms with Crippen LogP contribution in [0.25, 0.3) is 10.9 Å². The molecular formula is C20H21N7. The van der Waals surface area contributed by atoms with E-state index in [1.54, 1.807) is 0 Å². The van der Waals surface area contributed by atoms with Gasteiger partial charge in [-0.2, -0.15) is 15.6 Å². The molecule has 2 aromatic rings. The highest BCUT2D eigenvalue weighted by Crippen LogP contribution is 2.39. The summed E-state index contributed by atoms with van der Waals surface area (Å²) in [7, 11) is 0. The average molecular weight is 359 g/mol. The average Bonchev–Trinajstić information content (AvgIpc) is 3.11. The lowest BCUT2D eigenvalue weighted by Gasteiger charge is -2.28. The Morgan fingerprint density at radius 2 is 1.74 bits per heavy atom. The zero-order valence-electron chi connectivity index (χ0n) is 15.4. The molecule has 1 aromatic heterocycles. The first-order valence-electron chi connectivity index (χ1n) is 9.06. The molecule has 0 bridgehead atoms. The highest BCUT2D eigenvalue weighted by Gasteiger charge is 2.30. The quantitative estimate of drug-likeness (QED) is 0.760. The fourth-order valence-electron chi connectivity index (χ4n) is 3.94. The van der Waals surface area contributed by atoms with Crippen LogP contribution in [0.4, 0.5) is 5.82 Å². The molecule has 0 unspecified atom stereocenters. The molecule has 2 aliphatic heterocycles. The van der Waals surface area contributed by atoms with Gasteiger partial charge in [0.1, 0.15) is 0 Å². The van der Waals surface area contributed by atoms with Crippen LogP contribution >= 0.6 is 0 Å². The lowest BCUT2D eigenvalue weighted by Crippen LogP contribution is -2.43. The maximum absolute atomic E-state index is 9.71. The molecule has 3 N–H and O–H groups in total. The molecule has 0 saturated carbocycles. The number of hydrogen-bond donors (Lipinski definition) is 3. The van der Waals surface area contributed by atoms with Crippen LogP contribution < -0.4 is 15.5 Å². The van der Waals surface area contributed by atoms with E-state index < -0.39 is 0 Å². The number of rotatable bonds is 2. The highest BCUT2D eigenvalue weighted by atomic mass is 15.3.